The summed E-state index contributed by atoms with van der Waals surface area (Å²) in [7, 11) is 0. The Bertz CT molecular complexity index is 3330. The number of hydrogen-bond acceptors (Lipinski definition) is 3. The number of para-hydroxylation sites is 2. The van der Waals surface area contributed by atoms with Gasteiger partial charge in [-0.1, -0.05) is 188 Å². The largest absolute Gasteiger partial charge is 0.453 e. The first-order chi connectivity index (χ1) is 29.3. The molecule has 2 aromatic heterocycles. The minimum absolute atomic E-state index is 0.816. The molecule has 0 fully saturated rings. The third-order valence-electron chi connectivity index (χ3n) is 11.8. The number of furan rings is 2. The Morgan fingerprint density at radius 1 is 0.288 bits per heavy atom. The Kier molecular flexibility index (Phi) is 7.54. The third-order valence-corrected chi connectivity index (χ3v) is 11.8. The molecule has 276 valence electrons. The van der Waals surface area contributed by atoms with Crippen LogP contribution in [0.15, 0.2) is 221 Å². The van der Waals surface area contributed by atoms with Gasteiger partial charge >= 0.3 is 0 Å². The van der Waals surface area contributed by atoms with E-state index in [1.807, 2.05) is 0 Å². The van der Waals surface area contributed by atoms with Crippen molar-refractivity contribution in [2.24, 2.45) is 0 Å². The first-order valence-electron chi connectivity index (χ1n) is 20.1. The van der Waals surface area contributed by atoms with Gasteiger partial charge < -0.3 is 13.7 Å². The molecule has 0 bridgehead atoms. The van der Waals surface area contributed by atoms with Crippen molar-refractivity contribution < 1.29 is 8.83 Å². The molecule has 2 heterocycles. The average molecular weight is 754 g/mol. The predicted octanol–water partition coefficient (Wildman–Crippen LogP) is 16.3. The van der Waals surface area contributed by atoms with Crippen molar-refractivity contribution in [1.82, 2.24) is 0 Å². The summed E-state index contributed by atoms with van der Waals surface area (Å²) in [5.41, 5.74) is 12.9. The van der Waals surface area contributed by atoms with E-state index in [2.05, 4.69) is 217 Å². The SMILES string of the molecule is c1ccc(-c2ccc(N(c3cc4ccccc4c4c3oc3c(-c5ccccc5)cccc34)c3cc4ccccc4c4c3oc3c(-c5ccccc5)cccc34)cc2)cc1. The second-order valence-corrected chi connectivity index (χ2v) is 15.2. The highest BCUT2D eigenvalue weighted by Gasteiger charge is 2.27. The topological polar surface area (TPSA) is 29.5 Å². The summed E-state index contributed by atoms with van der Waals surface area (Å²) in [5, 5.41) is 8.89. The molecule has 3 nitrogen and oxygen atoms in total. The van der Waals surface area contributed by atoms with Crippen molar-refractivity contribution in [3.63, 3.8) is 0 Å². The second kappa shape index (κ2) is 13.4. The first kappa shape index (κ1) is 33.3. The molecule has 0 radical (unpaired) electrons. The lowest BCUT2D eigenvalue weighted by molar-refractivity contribution is 0.667. The zero-order valence-corrected chi connectivity index (χ0v) is 32.0. The molecule has 0 N–H and O–H groups in total. The number of hydrogen-bond donors (Lipinski definition) is 0. The molecule has 0 unspecified atom stereocenters. The van der Waals surface area contributed by atoms with Crippen LogP contribution < -0.4 is 4.90 Å². The summed E-state index contributed by atoms with van der Waals surface area (Å²) in [4.78, 5) is 2.35. The Balaban J connectivity index is 1.22. The summed E-state index contributed by atoms with van der Waals surface area (Å²) in [5.74, 6) is 0. The van der Waals surface area contributed by atoms with Crippen molar-refractivity contribution >= 4 is 82.5 Å². The number of rotatable bonds is 6. The molecule has 0 aliphatic rings. The summed E-state index contributed by atoms with van der Waals surface area (Å²) < 4.78 is 14.5. The molecule has 12 aromatic rings. The van der Waals surface area contributed by atoms with Crippen LogP contribution in [0.25, 0.3) is 98.8 Å². The van der Waals surface area contributed by atoms with Gasteiger partial charge in [-0.3, -0.25) is 0 Å². The molecule has 12 rings (SSSR count). The molecule has 0 spiro atoms. The van der Waals surface area contributed by atoms with Crippen molar-refractivity contribution in [3.05, 3.63) is 212 Å². The monoisotopic (exact) mass is 753 g/mol. The summed E-state index contributed by atoms with van der Waals surface area (Å²) in [6.45, 7) is 0. The fourth-order valence-electron chi connectivity index (χ4n) is 9.12. The standard InChI is InChI=1S/C56H35NO2/c1-4-16-36(17-5-1)37-30-32-42(33-31-37)57(49-34-40-22-10-12-24-43(40)51-47-28-14-26-45(53(47)58-55(49)51)38-18-6-2-7-19-38)50-35-41-23-11-13-25-44(41)52-48-29-15-27-46(54(48)59-56(50)52)39-20-8-3-9-21-39/h1-35H. The normalized spacial score (nSPS) is 11.7. The number of benzene rings is 10. The smallest absolute Gasteiger partial charge is 0.160 e. The van der Waals surface area contributed by atoms with Crippen molar-refractivity contribution in [2.45, 2.75) is 0 Å². The van der Waals surface area contributed by atoms with E-state index < -0.39 is 0 Å². The van der Waals surface area contributed by atoms with E-state index in [-0.39, 0.29) is 0 Å². The lowest BCUT2D eigenvalue weighted by Crippen LogP contribution is -2.11. The molecule has 0 aliphatic heterocycles. The van der Waals surface area contributed by atoms with E-state index >= 15 is 0 Å². The maximum atomic E-state index is 7.26. The Hall–Kier alpha value is -7.88. The highest BCUT2D eigenvalue weighted by molar-refractivity contribution is 6.27. The first-order valence-corrected chi connectivity index (χ1v) is 20.1. The quantitative estimate of drug-likeness (QED) is 0.169. The Morgan fingerprint density at radius 3 is 1.15 bits per heavy atom. The van der Waals surface area contributed by atoms with E-state index in [1.54, 1.807) is 0 Å². The summed E-state index contributed by atoms with van der Waals surface area (Å²) in [6, 6.07) is 75.4. The van der Waals surface area contributed by atoms with Crippen LogP contribution in [0.1, 0.15) is 0 Å². The van der Waals surface area contributed by atoms with E-state index in [9.17, 15) is 0 Å². The summed E-state index contributed by atoms with van der Waals surface area (Å²) >= 11 is 0. The van der Waals surface area contributed by atoms with Crippen LogP contribution in [0.4, 0.5) is 17.1 Å². The zero-order chi connectivity index (χ0) is 38.9. The summed E-state index contributed by atoms with van der Waals surface area (Å²) in [6.07, 6.45) is 0. The highest BCUT2D eigenvalue weighted by Crippen LogP contribution is 2.51. The van der Waals surface area contributed by atoms with Gasteiger partial charge in [0, 0.05) is 38.4 Å². The van der Waals surface area contributed by atoms with Crippen LogP contribution in [0, 0.1) is 0 Å². The molecule has 3 heteroatoms. The molecule has 0 aliphatic carbocycles. The van der Waals surface area contributed by atoms with Gasteiger partial charge in [-0.05, 0) is 68.1 Å². The zero-order valence-electron chi connectivity index (χ0n) is 32.0. The highest BCUT2D eigenvalue weighted by atomic mass is 16.3. The van der Waals surface area contributed by atoms with Crippen LogP contribution in [-0.2, 0) is 0 Å². The molecular formula is C56H35NO2. The van der Waals surface area contributed by atoms with Crippen molar-refractivity contribution in [1.29, 1.82) is 0 Å². The molecular weight excluding hydrogens is 719 g/mol. The fraction of sp³-hybridized carbons (Fsp3) is 0. The minimum Gasteiger partial charge on any atom is -0.453 e. The van der Waals surface area contributed by atoms with Gasteiger partial charge in [0.05, 0.1) is 11.4 Å². The predicted molar refractivity (Wildman–Crippen MR) is 247 cm³/mol. The van der Waals surface area contributed by atoms with Crippen LogP contribution in [0.5, 0.6) is 0 Å². The van der Waals surface area contributed by atoms with Crippen LogP contribution in [-0.4, -0.2) is 0 Å². The van der Waals surface area contributed by atoms with E-state index in [0.717, 1.165) is 110 Å². The molecule has 0 saturated heterocycles. The van der Waals surface area contributed by atoms with Gasteiger partial charge in [0.2, 0.25) is 0 Å². The second-order valence-electron chi connectivity index (χ2n) is 15.2. The van der Waals surface area contributed by atoms with Gasteiger partial charge in [0.15, 0.2) is 11.2 Å². The molecule has 10 aromatic carbocycles. The Morgan fingerprint density at radius 2 is 0.678 bits per heavy atom. The number of fused-ring (bicyclic) bond motifs is 10. The van der Waals surface area contributed by atoms with E-state index in [4.69, 9.17) is 8.83 Å². The Labute approximate surface area is 340 Å². The van der Waals surface area contributed by atoms with Gasteiger partial charge in [0.1, 0.15) is 11.2 Å². The number of nitrogens with zero attached hydrogens (tertiary/aromatic N) is 1. The minimum atomic E-state index is 0.816. The maximum absolute atomic E-state index is 7.26. The van der Waals surface area contributed by atoms with Gasteiger partial charge in [-0.25, -0.2) is 0 Å². The van der Waals surface area contributed by atoms with Crippen LogP contribution in [0.3, 0.4) is 0 Å². The van der Waals surface area contributed by atoms with Gasteiger partial charge in [-0.15, -0.1) is 0 Å². The van der Waals surface area contributed by atoms with E-state index in [0.29, 0.717) is 0 Å². The molecule has 0 saturated carbocycles. The van der Waals surface area contributed by atoms with Crippen LogP contribution in [0.2, 0.25) is 0 Å². The molecule has 0 atom stereocenters. The van der Waals surface area contributed by atoms with Gasteiger partial charge in [0.25, 0.3) is 0 Å². The lowest BCUT2D eigenvalue weighted by Gasteiger charge is -2.27. The van der Waals surface area contributed by atoms with Gasteiger partial charge in [-0.2, -0.15) is 0 Å². The molecule has 0 amide bonds. The van der Waals surface area contributed by atoms with Crippen molar-refractivity contribution in [3.8, 4) is 33.4 Å². The fourth-order valence-corrected chi connectivity index (χ4v) is 9.12. The lowest BCUT2D eigenvalue weighted by atomic mass is 9.97. The third kappa shape index (κ3) is 5.29. The van der Waals surface area contributed by atoms with Crippen molar-refractivity contribution in [2.75, 3.05) is 4.90 Å². The van der Waals surface area contributed by atoms with Crippen LogP contribution >= 0.6 is 0 Å². The van der Waals surface area contributed by atoms with E-state index in [1.165, 1.54) is 5.56 Å². The number of anilines is 3. The maximum Gasteiger partial charge on any atom is 0.160 e. The average Bonchev–Trinajstić information content (AvgIpc) is 3.91. The molecule has 59 heavy (non-hydrogen) atoms.